The summed E-state index contributed by atoms with van der Waals surface area (Å²) < 4.78 is 5.27. The Morgan fingerprint density at radius 1 is 1.03 bits per heavy atom. The first-order valence-corrected chi connectivity index (χ1v) is 10.4. The van der Waals surface area contributed by atoms with Gasteiger partial charge in [-0.15, -0.1) is 0 Å². The molecule has 2 aliphatic rings. The topological polar surface area (TPSA) is 75.6 Å². The second-order valence-corrected chi connectivity index (χ2v) is 8.15. The maximum Gasteiger partial charge on any atom is 0.311 e. The van der Waals surface area contributed by atoms with Gasteiger partial charge in [0.2, 0.25) is 5.91 Å². The monoisotopic (exact) mass is 393 g/mol. The molecule has 2 aromatic rings. The van der Waals surface area contributed by atoms with Crippen LogP contribution in [-0.2, 0) is 27.2 Å². The van der Waals surface area contributed by atoms with E-state index < -0.39 is 11.4 Å². The van der Waals surface area contributed by atoms with Crippen molar-refractivity contribution in [1.29, 1.82) is 0 Å². The smallest absolute Gasteiger partial charge is 0.311 e. The Hall–Kier alpha value is -2.66. The number of rotatable bonds is 7. The molecule has 4 rings (SSSR count). The lowest BCUT2D eigenvalue weighted by Crippen LogP contribution is -2.46. The SMILES string of the molecule is O=C(CCCc1ccc2c(c1)-c1ccccc1C2)NCC1(C(=O)O)CCOCC1. The van der Waals surface area contributed by atoms with Crippen LogP contribution < -0.4 is 5.32 Å². The summed E-state index contributed by atoms with van der Waals surface area (Å²) in [5.41, 5.74) is 5.71. The summed E-state index contributed by atoms with van der Waals surface area (Å²) in [4.78, 5) is 23.9. The van der Waals surface area contributed by atoms with Crippen LogP contribution in [0, 0.1) is 5.41 Å². The zero-order chi connectivity index (χ0) is 20.3. The number of hydrogen-bond acceptors (Lipinski definition) is 3. The van der Waals surface area contributed by atoms with Crippen LogP contribution in [0.3, 0.4) is 0 Å². The van der Waals surface area contributed by atoms with Crippen LogP contribution in [0.15, 0.2) is 42.5 Å². The summed E-state index contributed by atoms with van der Waals surface area (Å²) >= 11 is 0. The minimum absolute atomic E-state index is 0.0800. The zero-order valence-corrected chi connectivity index (χ0v) is 16.6. The third-order valence-corrected chi connectivity index (χ3v) is 6.26. The fourth-order valence-electron chi connectivity index (χ4n) is 4.36. The Balaban J connectivity index is 1.29. The number of hydrogen-bond donors (Lipinski definition) is 2. The van der Waals surface area contributed by atoms with Gasteiger partial charge >= 0.3 is 5.97 Å². The van der Waals surface area contributed by atoms with Gasteiger partial charge in [0.1, 0.15) is 0 Å². The van der Waals surface area contributed by atoms with Gasteiger partial charge in [-0.2, -0.15) is 0 Å². The maximum absolute atomic E-state index is 12.3. The molecular formula is C24H27NO4. The third kappa shape index (κ3) is 4.20. The van der Waals surface area contributed by atoms with Crippen LogP contribution in [0.5, 0.6) is 0 Å². The van der Waals surface area contributed by atoms with Crippen LogP contribution in [0.2, 0.25) is 0 Å². The highest BCUT2D eigenvalue weighted by molar-refractivity contribution is 5.79. The first-order valence-electron chi connectivity index (χ1n) is 10.4. The quantitative estimate of drug-likeness (QED) is 0.643. The maximum atomic E-state index is 12.3. The van der Waals surface area contributed by atoms with Crippen molar-refractivity contribution in [2.24, 2.45) is 5.41 Å². The summed E-state index contributed by atoms with van der Waals surface area (Å²) in [6.45, 7) is 1.05. The van der Waals surface area contributed by atoms with Gasteiger partial charge in [0.15, 0.2) is 0 Å². The molecule has 1 amide bonds. The molecule has 0 unspecified atom stereocenters. The van der Waals surface area contributed by atoms with Crippen molar-refractivity contribution in [3.8, 4) is 11.1 Å². The highest BCUT2D eigenvalue weighted by Crippen LogP contribution is 2.37. The normalized spacial score (nSPS) is 16.7. The summed E-state index contributed by atoms with van der Waals surface area (Å²) in [7, 11) is 0. The number of carbonyl (C=O) groups is 2. The van der Waals surface area contributed by atoms with E-state index in [1.165, 1.54) is 27.8 Å². The van der Waals surface area contributed by atoms with Crippen LogP contribution in [0.4, 0.5) is 0 Å². The fourth-order valence-corrected chi connectivity index (χ4v) is 4.36. The summed E-state index contributed by atoms with van der Waals surface area (Å²) in [6, 6.07) is 15.1. The number of ether oxygens (including phenoxy) is 1. The second-order valence-electron chi connectivity index (χ2n) is 8.15. The summed E-state index contributed by atoms with van der Waals surface area (Å²) in [5.74, 6) is -0.928. The predicted octanol–water partition coefficient (Wildman–Crippen LogP) is 3.58. The highest BCUT2D eigenvalue weighted by atomic mass is 16.5. The van der Waals surface area contributed by atoms with Gasteiger partial charge < -0.3 is 15.2 Å². The molecule has 0 bridgehead atoms. The second kappa shape index (κ2) is 8.37. The van der Waals surface area contributed by atoms with E-state index in [1.54, 1.807) is 0 Å². The van der Waals surface area contributed by atoms with Crippen molar-refractivity contribution in [1.82, 2.24) is 5.32 Å². The average molecular weight is 393 g/mol. The van der Waals surface area contributed by atoms with E-state index in [2.05, 4.69) is 47.8 Å². The molecule has 0 atom stereocenters. The number of aryl methyl sites for hydroxylation is 1. The lowest BCUT2D eigenvalue weighted by atomic mass is 9.80. The molecule has 0 aromatic heterocycles. The largest absolute Gasteiger partial charge is 0.481 e. The van der Waals surface area contributed by atoms with E-state index in [4.69, 9.17) is 4.74 Å². The van der Waals surface area contributed by atoms with Crippen LogP contribution in [0.25, 0.3) is 11.1 Å². The van der Waals surface area contributed by atoms with Gasteiger partial charge in [0.25, 0.3) is 0 Å². The molecular weight excluding hydrogens is 366 g/mol. The fraction of sp³-hybridized carbons (Fsp3) is 0.417. The molecule has 152 valence electrons. The number of carboxylic acid groups (broad SMARTS) is 1. The molecule has 1 heterocycles. The van der Waals surface area contributed by atoms with Crippen molar-refractivity contribution >= 4 is 11.9 Å². The van der Waals surface area contributed by atoms with E-state index in [1.807, 2.05) is 0 Å². The van der Waals surface area contributed by atoms with Gasteiger partial charge in [-0.05, 0) is 59.9 Å². The molecule has 0 spiro atoms. The molecule has 1 aliphatic carbocycles. The van der Waals surface area contributed by atoms with Crippen molar-refractivity contribution in [3.63, 3.8) is 0 Å². The Bertz CT molecular complexity index is 915. The first kappa shape index (κ1) is 19.6. The lowest BCUT2D eigenvalue weighted by Gasteiger charge is -2.33. The number of fused-ring (bicyclic) bond motifs is 3. The van der Waals surface area contributed by atoms with Crippen LogP contribution in [0.1, 0.15) is 42.4 Å². The van der Waals surface area contributed by atoms with Crippen molar-refractivity contribution < 1.29 is 19.4 Å². The van der Waals surface area contributed by atoms with E-state index in [0.29, 0.717) is 32.5 Å². The van der Waals surface area contributed by atoms with Gasteiger partial charge in [-0.25, -0.2) is 0 Å². The summed E-state index contributed by atoms with van der Waals surface area (Å²) in [6.07, 6.45) is 3.86. The van der Waals surface area contributed by atoms with Gasteiger partial charge in [-0.3, -0.25) is 9.59 Å². The average Bonchev–Trinajstić information content (AvgIpc) is 3.11. The predicted molar refractivity (Wildman–Crippen MR) is 111 cm³/mol. The Morgan fingerprint density at radius 3 is 2.59 bits per heavy atom. The number of carboxylic acids is 1. The van der Waals surface area contributed by atoms with E-state index in [0.717, 1.165) is 19.3 Å². The highest BCUT2D eigenvalue weighted by Gasteiger charge is 2.40. The minimum atomic E-state index is -0.888. The first-order chi connectivity index (χ1) is 14.1. The van der Waals surface area contributed by atoms with E-state index >= 15 is 0 Å². The minimum Gasteiger partial charge on any atom is -0.481 e. The molecule has 1 saturated heterocycles. The molecule has 0 radical (unpaired) electrons. The molecule has 1 fully saturated rings. The van der Waals surface area contributed by atoms with Crippen molar-refractivity contribution in [2.45, 2.75) is 38.5 Å². The van der Waals surface area contributed by atoms with Gasteiger partial charge in [0.05, 0.1) is 5.41 Å². The van der Waals surface area contributed by atoms with Crippen LogP contribution in [-0.4, -0.2) is 36.7 Å². The molecule has 2 N–H and O–H groups in total. The van der Waals surface area contributed by atoms with Gasteiger partial charge in [-0.1, -0.05) is 42.5 Å². The number of nitrogens with one attached hydrogen (secondary N) is 1. The molecule has 29 heavy (non-hydrogen) atoms. The standard InChI is InChI=1S/C24H27NO4/c26-22(25-16-24(23(27)28)10-12-29-13-11-24)7-3-4-17-8-9-19-15-18-5-1-2-6-20(18)21(19)14-17/h1-2,5-6,8-9,14H,3-4,7,10-13,15-16H2,(H,25,26)(H,27,28). The summed E-state index contributed by atoms with van der Waals surface area (Å²) in [5, 5.41) is 12.4. The molecule has 5 nitrogen and oxygen atoms in total. The molecule has 1 aliphatic heterocycles. The molecule has 0 saturated carbocycles. The van der Waals surface area contributed by atoms with Crippen LogP contribution >= 0.6 is 0 Å². The Kier molecular flexibility index (Phi) is 5.67. The van der Waals surface area contributed by atoms with E-state index in [9.17, 15) is 14.7 Å². The number of benzene rings is 2. The Morgan fingerprint density at radius 2 is 1.79 bits per heavy atom. The Labute approximate surface area is 171 Å². The number of aliphatic carboxylic acids is 1. The van der Waals surface area contributed by atoms with Crippen molar-refractivity contribution in [3.05, 3.63) is 59.2 Å². The van der Waals surface area contributed by atoms with E-state index in [-0.39, 0.29) is 12.5 Å². The number of carbonyl (C=O) groups excluding carboxylic acids is 1. The zero-order valence-electron chi connectivity index (χ0n) is 16.6. The number of amides is 1. The van der Waals surface area contributed by atoms with Crippen molar-refractivity contribution in [2.75, 3.05) is 19.8 Å². The molecule has 5 heteroatoms. The molecule has 2 aromatic carbocycles. The van der Waals surface area contributed by atoms with Gasteiger partial charge in [0, 0.05) is 26.2 Å². The third-order valence-electron chi connectivity index (χ3n) is 6.26. The lowest BCUT2D eigenvalue weighted by molar-refractivity contribution is -0.154.